The Kier molecular flexibility index (Phi) is 79.8. The number of carbonyl (C=O) groups excluding carboxylic acids is 2. The molecule has 1 amide bonds. The van der Waals surface area contributed by atoms with Crippen LogP contribution in [0.2, 0.25) is 0 Å². The Morgan fingerprint density at radius 3 is 0.837 bits per heavy atom. The van der Waals surface area contributed by atoms with Gasteiger partial charge in [-0.15, -0.1) is 0 Å². The minimum atomic E-state index is -0.664. The third-order valence-electron chi connectivity index (χ3n) is 19.9. The van der Waals surface area contributed by atoms with Gasteiger partial charge in [0, 0.05) is 12.8 Å². The largest absolute Gasteiger partial charge is 0.466 e. The first-order chi connectivity index (χ1) is 45.5. The molecule has 3 N–H and O–H groups in total. The molecule has 0 aliphatic rings. The van der Waals surface area contributed by atoms with E-state index in [4.69, 9.17) is 4.74 Å². The molecule has 0 bridgehead atoms. The lowest BCUT2D eigenvalue weighted by molar-refractivity contribution is -0.143. The zero-order chi connectivity index (χ0) is 66.3. The highest BCUT2D eigenvalue weighted by Crippen LogP contribution is 2.20. The Morgan fingerprint density at radius 2 is 0.543 bits per heavy atom. The molecule has 0 rings (SSSR count). The van der Waals surface area contributed by atoms with Crippen LogP contribution in [0, 0.1) is 0 Å². The Balaban J connectivity index is 3.36. The summed E-state index contributed by atoms with van der Waals surface area (Å²) in [6.45, 7) is 5.00. The van der Waals surface area contributed by atoms with Gasteiger partial charge < -0.3 is 20.3 Å². The number of aliphatic hydroxyl groups is 2. The van der Waals surface area contributed by atoms with Crippen molar-refractivity contribution >= 4 is 11.9 Å². The predicted molar refractivity (Wildman–Crippen MR) is 407 cm³/mol. The molecule has 0 aliphatic heterocycles. The molecule has 0 radical (unpaired) electrons. The quantitative estimate of drug-likeness (QED) is 0.0320. The molecule has 544 valence electrons. The molecule has 0 aromatic rings. The standard InChI is InChI=1S/C86H165NO5/c1-3-5-7-9-11-13-15-17-19-21-22-23-41-44-47-50-54-58-62-66-70-74-78-84(89)83(82-88)87-85(90)79-75-71-67-63-59-55-51-48-45-42-39-37-35-33-31-29-27-25-24-26-28-30-32-34-36-38-40-43-46-49-53-57-61-65-69-73-77-81-92-86(91)80-76-72-68-64-60-56-52-20-18-16-14-12-10-8-6-4-2/h20,24,26,30,32,52,83-84,88-89H,3-19,21-23,25,27-29,31,33-51,53-82H2,1-2H3,(H,87,90)/b26-24-,32-30-,52-20-. The lowest BCUT2D eigenvalue weighted by atomic mass is 10.0. The SMILES string of the molecule is CCCCCCCCC/C=C\CCCCCCCC(=O)OCCCCCCCCCCCCCCC/C=C\C/C=C\CCCCCCCCCCCCCCCCCCCC(=O)NC(CO)C(O)CCCCCCCCCCCCCCCCCCCCCCCC. The van der Waals surface area contributed by atoms with Gasteiger partial charge in [0.25, 0.3) is 0 Å². The van der Waals surface area contributed by atoms with E-state index in [2.05, 4.69) is 55.6 Å². The minimum absolute atomic E-state index is 0.0122. The summed E-state index contributed by atoms with van der Waals surface area (Å²) in [4.78, 5) is 24.7. The third-order valence-corrected chi connectivity index (χ3v) is 19.9. The number of nitrogens with one attached hydrogen (secondary N) is 1. The summed E-state index contributed by atoms with van der Waals surface area (Å²) in [6.07, 6.45) is 107. The second-order valence-electron chi connectivity index (χ2n) is 29.2. The number of allylic oxidation sites excluding steroid dienone is 6. The van der Waals surface area contributed by atoms with Crippen LogP contribution in [0.15, 0.2) is 36.5 Å². The van der Waals surface area contributed by atoms with E-state index in [1.165, 1.54) is 392 Å². The number of carbonyl (C=O) groups is 2. The topological polar surface area (TPSA) is 95.9 Å². The van der Waals surface area contributed by atoms with Crippen molar-refractivity contribution in [3.63, 3.8) is 0 Å². The number of unbranched alkanes of at least 4 members (excludes halogenated alkanes) is 63. The van der Waals surface area contributed by atoms with Crippen molar-refractivity contribution in [3.8, 4) is 0 Å². The number of rotatable bonds is 80. The van der Waals surface area contributed by atoms with Crippen LogP contribution in [0.25, 0.3) is 0 Å². The van der Waals surface area contributed by atoms with Gasteiger partial charge in [-0.3, -0.25) is 9.59 Å². The molecule has 0 aromatic carbocycles. The molecule has 0 aliphatic carbocycles. The highest BCUT2D eigenvalue weighted by atomic mass is 16.5. The maximum atomic E-state index is 12.6. The fourth-order valence-electron chi connectivity index (χ4n) is 13.5. The fourth-order valence-corrected chi connectivity index (χ4v) is 13.5. The number of aliphatic hydroxyl groups excluding tert-OH is 2. The van der Waals surface area contributed by atoms with Crippen LogP contribution in [0.4, 0.5) is 0 Å². The van der Waals surface area contributed by atoms with Crippen LogP contribution < -0.4 is 5.32 Å². The normalized spacial score (nSPS) is 12.6. The van der Waals surface area contributed by atoms with Gasteiger partial charge in [0.2, 0.25) is 5.91 Å². The molecule has 92 heavy (non-hydrogen) atoms. The van der Waals surface area contributed by atoms with Crippen molar-refractivity contribution in [1.82, 2.24) is 5.32 Å². The summed E-state index contributed by atoms with van der Waals surface area (Å²) in [5, 5.41) is 23.5. The summed E-state index contributed by atoms with van der Waals surface area (Å²) in [6, 6.07) is -0.541. The van der Waals surface area contributed by atoms with Gasteiger partial charge in [0.15, 0.2) is 0 Å². The number of amides is 1. The first kappa shape index (κ1) is 90.1. The van der Waals surface area contributed by atoms with E-state index >= 15 is 0 Å². The first-order valence-corrected chi connectivity index (χ1v) is 42.2. The fraction of sp³-hybridized carbons (Fsp3) is 0.907. The van der Waals surface area contributed by atoms with E-state index in [1.54, 1.807) is 0 Å². The minimum Gasteiger partial charge on any atom is -0.466 e. The molecule has 0 saturated carbocycles. The van der Waals surface area contributed by atoms with Gasteiger partial charge in [-0.25, -0.2) is 0 Å². The van der Waals surface area contributed by atoms with Crippen LogP contribution in [0.5, 0.6) is 0 Å². The van der Waals surface area contributed by atoms with Crippen molar-refractivity contribution in [2.75, 3.05) is 13.2 Å². The maximum Gasteiger partial charge on any atom is 0.305 e. The van der Waals surface area contributed by atoms with Crippen LogP contribution in [-0.2, 0) is 14.3 Å². The van der Waals surface area contributed by atoms with Gasteiger partial charge in [-0.05, 0) is 83.5 Å². The van der Waals surface area contributed by atoms with E-state index in [9.17, 15) is 19.8 Å². The molecule has 0 aromatic heterocycles. The van der Waals surface area contributed by atoms with Crippen LogP contribution >= 0.6 is 0 Å². The Morgan fingerprint density at radius 1 is 0.304 bits per heavy atom. The summed E-state index contributed by atoms with van der Waals surface area (Å²) >= 11 is 0. The molecule has 6 nitrogen and oxygen atoms in total. The molecule has 2 unspecified atom stereocenters. The molecule has 6 heteroatoms. The first-order valence-electron chi connectivity index (χ1n) is 42.2. The van der Waals surface area contributed by atoms with E-state index in [1.807, 2.05) is 0 Å². The molecule has 0 saturated heterocycles. The van der Waals surface area contributed by atoms with E-state index in [0.717, 1.165) is 51.4 Å². The molecular formula is C86H165NO5. The second kappa shape index (κ2) is 81.5. The van der Waals surface area contributed by atoms with E-state index in [-0.39, 0.29) is 18.5 Å². The summed E-state index contributed by atoms with van der Waals surface area (Å²) in [5.74, 6) is -0.0145. The van der Waals surface area contributed by atoms with E-state index in [0.29, 0.717) is 25.9 Å². The van der Waals surface area contributed by atoms with Crippen molar-refractivity contribution in [2.45, 2.75) is 488 Å². The van der Waals surface area contributed by atoms with Crippen LogP contribution in [0.1, 0.15) is 476 Å². The van der Waals surface area contributed by atoms with Crippen LogP contribution in [0.3, 0.4) is 0 Å². The number of hydrogen-bond donors (Lipinski definition) is 3. The van der Waals surface area contributed by atoms with Gasteiger partial charge in [0.05, 0.1) is 25.4 Å². The lowest BCUT2D eigenvalue weighted by Gasteiger charge is -2.22. The zero-order valence-corrected chi connectivity index (χ0v) is 62.6. The predicted octanol–water partition coefficient (Wildman–Crippen LogP) is 28.2. The second-order valence-corrected chi connectivity index (χ2v) is 29.2. The van der Waals surface area contributed by atoms with Crippen molar-refractivity contribution in [2.24, 2.45) is 0 Å². The third kappa shape index (κ3) is 77.1. The molecular weight excluding hydrogens is 1130 g/mol. The van der Waals surface area contributed by atoms with Crippen molar-refractivity contribution < 1.29 is 24.5 Å². The number of ether oxygens (including phenoxy) is 1. The highest BCUT2D eigenvalue weighted by molar-refractivity contribution is 5.76. The average molecular weight is 1290 g/mol. The molecule has 2 atom stereocenters. The van der Waals surface area contributed by atoms with E-state index < -0.39 is 12.1 Å². The van der Waals surface area contributed by atoms with Gasteiger partial charge >= 0.3 is 5.97 Å². The smallest absolute Gasteiger partial charge is 0.305 e. The summed E-state index contributed by atoms with van der Waals surface area (Å²) in [7, 11) is 0. The lowest BCUT2D eigenvalue weighted by Crippen LogP contribution is -2.45. The number of esters is 1. The molecule has 0 fully saturated rings. The monoisotopic (exact) mass is 1290 g/mol. The summed E-state index contributed by atoms with van der Waals surface area (Å²) < 4.78 is 5.50. The van der Waals surface area contributed by atoms with Crippen molar-refractivity contribution in [1.29, 1.82) is 0 Å². The Bertz CT molecular complexity index is 1490. The van der Waals surface area contributed by atoms with Gasteiger partial charge in [-0.2, -0.15) is 0 Å². The van der Waals surface area contributed by atoms with Crippen LogP contribution in [-0.4, -0.2) is 47.4 Å². The Labute approximate surface area is 576 Å². The zero-order valence-electron chi connectivity index (χ0n) is 62.6. The summed E-state index contributed by atoms with van der Waals surface area (Å²) in [5.41, 5.74) is 0. The van der Waals surface area contributed by atoms with Gasteiger partial charge in [0.1, 0.15) is 0 Å². The van der Waals surface area contributed by atoms with Gasteiger partial charge in [-0.1, -0.05) is 416 Å². The number of hydrogen-bond acceptors (Lipinski definition) is 5. The van der Waals surface area contributed by atoms with Crippen molar-refractivity contribution in [3.05, 3.63) is 36.5 Å². The maximum absolute atomic E-state index is 12.6. The molecule has 0 spiro atoms. The Hall–Kier alpha value is -1.92. The average Bonchev–Trinajstić information content (AvgIpc) is 3.61. The highest BCUT2D eigenvalue weighted by Gasteiger charge is 2.20. The molecule has 0 heterocycles.